The maximum absolute atomic E-state index is 13.8. The van der Waals surface area contributed by atoms with Crippen LogP contribution >= 0.6 is 11.6 Å². The van der Waals surface area contributed by atoms with Gasteiger partial charge in [-0.2, -0.15) is 13.2 Å². The quantitative estimate of drug-likeness (QED) is 0.295. The van der Waals surface area contributed by atoms with Gasteiger partial charge in [0.2, 0.25) is 0 Å². The first-order valence-corrected chi connectivity index (χ1v) is 11.5. The first kappa shape index (κ1) is 24.0. The molecule has 34 heavy (non-hydrogen) atoms. The van der Waals surface area contributed by atoms with E-state index in [0.717, 1.165) is 33.0 Å². The molecule has 0 N–H and O–H groups in total. The van der Waals surface area contributed by atoms with Crippen molar-refractivity contribution in [3.8, 4) is 0 Å². The summed E-state index contributed by atoms with van der Waals surface area (Å²) in [6.07, 6.45) is -3.95. The van der Waals surface area contributed by atoms with Crippen LogP contribution in [0.25, 0.3) is 5.65 Å². The molecule has 2 heterocycles. The Bertz CT molecular complexity index is 1460. The highest BCUT2D eigenvalue weighted by Crippen LogP contribution is 2.35. The van der Waals surface area contributed by atoms with Crippen molar-refractivity contribution in [1.29, 1.82) is 0 Å². The average Bonchev–Trinajstić information content (AvgIpc) is 3.13. The van der Waals surface area contributed by atoms with E-state index in [1.165, 1.54) is 30.3 Å². The third-order valence-corrected chi connectivity index (χ3v) is 7.12. The number of rotatable bonds is 6. The van der Waals surface area contributed by atoms with Gasteiger partial charge in [0.15, 0.2) is 11.0 Å². The molecule has 2 aromatic carbocycles. The number of imidazole rings is 1. The van der Waals surface area contributed by atoms with Crippen LogP contribution in [0.15, 0.2) is 71.8 Å². The normalized spacial score (nSPS) is 12.3. The molecule has 0 fully saturated rings. The summed E-state index contributed by atoms with van der Waals surface area (Å²) in [4.78, 5) is 4.01. The first-order chi connectivity index (χ1) is 16.0. The summed E-state index contributed by atoms with van der Waals surface area (Å²) < 4.78 is 95.2. The van der Waals surface area contributed by atoms with E-state index in [0.29, 0.717) is 6.20 Å². The van der Waals surface area contributed by atoms with E-state index in [4.69, 9.17) is 11.6 Å². The number of nitrogens with zero attached hydrogens (tertiary/aromatic N) is 3. The number of benzene rings is 2. The molecule has 0 saturated carbocycles. The number of hydrogen-bond donors (Lipinski definition) is 0. The number of halogens is 6. The Morgan fingerprint density at radius 3 is 2.38 bits per heavy atom. The molecule has 0 aliphatic rings. The minimum absolute atomic E-state index is 0.0233. The SMILES string of the molecule is O=S(=O)(c1ccccc1)N(Cc1ccc(F)c(CF)c1)c1nc2ccc(C(F)(F)F)cn2c1Cl. The monoisotopic (exact) mass is 515 g/mol. The molecular weight excluding hydrogens is 501 g/mol. The van der Waals surface area contributed by atoms with E-state index >= 15 is 0 Å². The largest absolute Gasteiger partial charge is 0.417 e. The fourth-order valence-corrected chi connectivity index (χ4v) is 5.08. The van der Waals surface area contributed by atoms with Crippen LogP contribution in [0.5, 0.6) is 0 Å². The van der Waals surface area contributed by atoms with Crippen LogP contribution in [-0.4, -0.2) is 17.8 Å². The number of aromatic nitrogens is 2. The van der Waals surface area contributed by atoms with E-state index in [1.807, 2.05) is 0 Å². The topological polar surface area (TPSA) is 54.7 Å². The van der Waals surface area contributed by atoms with Gasteiger partial charge in [-0.25, -0.2) is 26.5 Å². The third-order valence-electron chi connectivity index (χ3n) is 5.02. The Morgan fingerprint density at radius 1 is 1.03 bits per heavy atom. The standard InChI is InChI=1S/C22H15ClF5N3O2S/c23-20-21(29-19-9-7-16(13-30(19)20)22(26,27)28)31(34(32,33)17-4-2-1-3-5-17)12-14-6-8-18(25)15(10-14)11-24/h1-10,13H,11-12H2. The predicted molar refractivity (Wildman–Crippen MR) is 116 cm³/mol. The summed E-state index contributed by atoms with van der Waals surface area (Å²) in [6, 6.07) is 12.5. The molecule has 0 bridgehead atoms. The van der Waals surface area contributed by atoms with Crippen molar-refractivity contribution >= 4 is 33.1 Å². The van der Waals surface area contributed by atoms with Crippen LogP contribution in [0.3, 0.4) is 0 Å². The van der Waals surface area contributed by atoms with Crippen LogP contribution in [0.1, 0.15) is 16.7 Å². The van der Waals surface area contributed by atoms with Crippen molar-refractivity contribution in [2.45, 2.75) is 24.3 Å². The highest BCUT2D eigenvalue weighted by atomic mass is 35.5. The van der Waals surface area contributed by atoms with Gasteiger partial charge in [0.25, 0.3) is 10.0 Å². The van der Waals surface area contributed by atoms with Gasteiger partial charge in [-0.3, -0.25) is 4.40 Å². The highest BCUT2D eigenvalue weighted by Gasteiger charge is 2.33. The Morgan fingerprint density at radius 2 is 1.74 bits per heavy atom. The maximum Gasteiger partial charge on any atom is 0.417 e. The Balaban J connectivity index is 1.89. The van der Waals surface area contributed by atoms with Crippen molar-refractivity contribution in [3.05, 3.63) is 94.5 Å². The van der Waals surface area contributed by atoms with Crippen molar-refractivity contribution in [1.82, 2.24) is 9.38 Å². The second kappa shape index (κ2) is 8.88. The van der Waals surface area contributed by atoms with Gasteiger partial charge in [-0.1, -0.05) is 35.9 Å². The van der Waals surface area contributed by atoms with E-state index in [-0.39, 0.29) is 32.6 Å². The summed E-state index contributed by atoms with van der Waals surface area (Å²) in [5.41, 5.74) is -1.08. The summed E-state index contributed by atoms with van der Waals surface area (Å²) in [5.74, 6) is -1.13. The van der Waals surface area contributed by atoms with Gasteiger partial charge in [0, 0.05) is 11.8 Å². The minimum Gasteiger partial charge on any atom is -0.288 e. The zero-order valence-corrected chi connectivity index (χ0v) is 18.7. The van der Waals surface area contributed by atoms with Gasteiger partial charge in [0.1, 0.15) is 18.1 Å². The maximum atomic E-state index is 13.8. The summed E-state index contributed by atoms with van der Waals surface area (Å²) in [7, 11) is -4.33. The fourth-order valence-electron chi connectivity index (χ4n) is 3.32. The van der Waals surface area contributed by atoms with E-state index in [2.05, 4.69) is 4.98 Å². The number of hydrogen-bond acceptors (Lipinski definition) is 3. The molecule has 12 heteroatoms. The van der Waals surface area contributed by atoms with Crippen LogP contribution in [0.4, 0.5) is 27.8 Å². The Labute approximate surface area is 196 Å². The molecule has 0 aliphatic carbocycles. The van der Waals surface area contributed by atoms with Gasteiger partial charge < -0.3 is 0 Å². The van der Waals surface area contributed by atoms with Gasteiger partial charge in [-0.05, 0) is 42.0 Å². The minimum atomic E-state index is -4.66. The average molecular weight is 516 g/mol. The van der Waals surface area contributed by atoms with Gasteiger partial charge in [0.05, 0.1) is 17.0 Å². The lowest BCUT2D eigenvalue weighted by Crippen LogP contribution is -2.31. The van der Waals surface area contributed by atoms with E-state index in [1.54, 1.807) is 6.07 Å². The first-order valence-electron chi connectivity index (χ1n) is 9.68. The smallest absolute Gasteiger partial charge is 0.288 e. The Kier molecular flexibility index (Phi) is 6.26. The van der Waals surface area contributed by atoms with Crippen LogP contribution < -0.4 is 4.31 Å². The lowest BCUT2D eigenvalue weighted by atomic mass is 10.1. The molecule has 0 spiro atoms. The molecule has 0 amide bonds. The molecule has 0 atom stereocenters. The summed E-state index contributed by atoms with van der Waals surface area (Å²) in [6.45, 7) is -1.54. The number of alkyl halides is 4. The molecule has 2 aromatic heterocycles. The zero-order chi connectivity index (χ0) is 24.7. The molecule has 4 rings (SSSR count). The third kappa shape index (κ3) is 4.45. The number of anilines is 1. The van der Waals surface area contributed by atoms with E-state index < -0.39 is 40.8 Å². The molecule has 0 unspecified atom stereocenters. The molecule has 4 aromatic rings. The number of fused-ring (bicyclic) bond motifs is 1. The van der Waals surface area contributed by atoms with Crippen molar-refractivity contribution in [3.63, 3.8) is 0 Å². The van der Waals surface area contributed by atoms with Crippen LogP contribution in [-0.2, 0) is 29.4 Å². The second-order valence-corrected chi connectivity index (χ2v) is 9.47. The number of pyridine rings is 1. The van der Waals surface area contributed by atoms with Gasteiger partial charge in [-0.15, -0.1) is 0 Å². The number of sulfonamides is 1. The van der Waals surface area contributed by atoms with Crippen LogP contribution in [0, 0.1) is 5.82 Å². The molecule has 5 nitrogen and oxygen atoms in total. The highest BCUT2D eigenvalue weighted by molar-refractivity contribution is 7.92. The molecular formula is C22H15ClF5N3O2S. The van der Waals surface area contributed by atoms with Crippen molar-refractivity contribution in [2.24, 2.45) is 0 Å². The molecule has 0 aliphatic heterocycles. The van der Waals surface area contributed by atoms with E-state index in [9.17, 15) is 30.4 Å². The van der Waals surface area contributed by atoms with Gasteiger partial charge >= 0.3 is 6.18 Å². The fraction of sp³-hybridized carbons (Fsp3) is 0.136. The lowest BCUT2D eigenvalue weighted by Gasteiger charge is -2.23. The predicted octanol–water partition coefficient (Wildman–Crippen LogP) is 6.01. The lowest BCUT2D eigenvalue weighted by molar-refractivity contribution is -0.137. The molecule has 178 valence electrons. The zero-order valence-electron chi connectivity index (χ0n) is 17.1. The van der Waals surface area contributed by atoms with Crippen LogP contribution in [0.2, 0.25) is 5.15 Å². The summed E-state index contributed by atoms with van der Waals surface area (Å²) in [5, 5.41) is -0.381. The second-order valence-electron chi connectivity index (χ2n) is 7.25. The van der Waals surface area contributed by atoms with Crippen molar-refractivity contribution < 1.29 is 30.4 Å². The molecule has 0 radical (unpaired) electrons. The van der Waals surface area contributed by atoms with Crippen molar-refractivity contribution in [2.75, 3.05) is 4.31 Å². The Hall–Kier alpha value is -3.18. The molecule has 0 saturated heterocycles. The summed E-state index contributed by atoms with van der Waals surface area (Å²) >= 11 is 6.32.